The van der Waals surface area contributed by atoms with Gasteiger partial charge in [0, 0.05) is 0 Å². The van der Waals surface area contributed by atoms with E-state index < -0.39 is 0 Å². The highest BCUT2D eigenvalue weighted by molar-refractivity contribution is 4.62. The van der Waals surface area contributed by atoms with Crippen LogP contribution in [-0.2, 0) is 9.47 Å². The number of nitrogens with two attached hydrogens (primary N) is 1. The summed E-state index contributed by atoms with van der Waals surface area (Å²) >= 11 is 0. The Morgan fingerprint density at radius 2 is 2.44 bits per heavy atom. The molecule has 1 aliphatic heterocycles. The minimum absolute atomic E-state index is 0.0263. The Morgan fingerprint density at radius 3 is 2.89 bits per heavy atom. The minimum atomic E-state index is -0.0263. The van der Waals surface area contributed by atoms with E-state index in [9.17, 15) is 0 Å². The van der Waals surface area contributed by atoms with Gasteiger partial charge in [-0.05, 0) is 19.9 Å². The van der Waals surface area contributed by atoms with Crippen molar-refractivity contribution in [2.24, 2.45) is 5.73 Å². The smallest absolute Gasteiger partial charge is 0.155 e. The summed E-state index contributed by atoms with van der Waals surface area (Å²) in [6.07, 6.45) is 1.12. The second kappa shape index (κ2) is 3.15. The Kier molecular flexibility index (Phi) is 2.45. The molecule has 2 N–H and O–H groups in total. The van der Waals surface area contributed by atoms with E-state index >= 15 is 0 Å². The molecule has 0 spiro atoms. The highest BCUT2D eigenvalue weighted by Crippen LogP contribution is 2.12. The average Bonchev–Trinajstić information content (AvgIpc) is 2.17. The Morgan fingerprint density at radius 1 is 1.67 bits per heavy atom. The van der Waals surface area contributed by atoms with Gasteiger partial charge in [-0.3, -0.25) is 0 Å². The van der Waals surface area contributed by atoms with Gasteiger partial charge >= 0.3 is 0 Å². The Labute approximate surface area is 55.1 Å². The molecule has 54 valence electrons. The zero-order valence-corrected chi connectivity index (χ0v) is 5.67. The maximum Gasteiger partial charge on any atom is 0.155 e. The van der Waals surface area contributed by atoms with Crippen LogP contribution in [0.1, 0.15) is 13.3 Å². The third-order valence-corrected chi connectivity index (χ3v) is 1.39. The lowest BCUT2D eigenvalue weighted by Crippen LogP contribution is -2.15. The summed E-state index contributed by atoms with van der Waals surface area (Å²) in [7, 11) is 0. The van der Waals surface area contributed by atoms with Crippen LogP contribution >= 0.6 is 0 Å². The maximum absolute atomic E-state index is 5.32. The molecule has 1 saturated heterocycles. The normalized spacial score (nSPS) is 35.3. The SMILES string of the molecule is CC1OCC(CCN)O1. The lowest BCUT2D eigenvalue weighted by atomic mass is 10.3. The van der Waals surface area contributed by atoms with Crippen molar-refractivity contribution >= 4 is 0 Å². The monoisotopic (exact) mass is 131 g/mol. The second-order valence-electron chi connectivity index (χ2n) is 2.24. The molecule has 2 unspecified atom stereocenters. The van der Waals surface area contributed by atoms with E-state index in [1.807, 2.05) is 6.92 Å². The van der Waals surface area contributed by atoms with Gasteiger partial charge in [0.1, 0.15) is 0 Å². The summed E-state index contributed by atoms with van der Waals surface area (Å²) in [6.45, 7) is 3.29. The molecule has 1 heterocycles. The van der Waals surface area contributed by atoms with E-state index in [4.69, 9.17) is 15.2 Å². The third-order valence-electron chi connectivity index (χ3n) is 1.39. The highest BCUT2D eigenvalue weighted by atomic mass is 16.7. The van der Waals surface area contributed by atoms with Crippen molar-refractivity contribution in [3.05, 3.63) is 0 Å². The number of hydrogen-bond acceptors (Lipinski definition) is 3. The molecular weight excluding hydrogens is 118 g/mol. The van der Waals surface area contributed by atoms with Crippen LogP contribution in [0.3, 0.4) is 0 Å². The molecule has 0 bridgehead atoms. The van der Waals surface area contributed by atoms with Gasteiger partial charge in [0.15, 0.2) is 6.29 Å². The predicted molar refractivity (Wildman–Crippen MR) is 34.0 cm³/mol. The van der Waals surface area contributed by atoms with E-state index in [2.05, 4.69) is 0 Å². The molecule has 1 aliphatic rings. The van der Waals surface area contributed by atoms with Crippen LogP contribution in [0.4, 0.5) is 0 Å². The van der Waals surface area contributed by atoms with Crippen LogP contribution in [0, 0.1) is 0 Å². The third kappa shape index (κ3) is 1.93. The van der Waals surface area contributed by atoms with Gasteiger partial charge < -0.3 is 15.2 Å². The lowest BCUT2D eigenvalue weighted by Gasteiger charge is -2.04. The predicted octanol–water partition coefficient (Wildman–Crippen LogP) is 0.0966. The van der Waals surface area contributed by atoms with Gasteiger partial charge in [-0.2, -0.15) is 0 Å². The van der Waals surface area contributed by atoms with Crippen LogP contribution in [0.2, 0.25) is 0 Å². The first kappa shape index (κ1) is 6.99. The molecule has 0 aliphatic carbocycles. The van der Waals surface area contributed by atoms with E-state index in [1.54, 1.807) is 0 Å². The average molecular weight is 131 g/mol. The first-order valence-electron chi connectivity index (χ1n) is 3.30. The fourth-order valence-corrected chi connectivity index (χ4v) is 0.930. The molecular formula is C6H13NO2. The summed E-state index contributed by atoms with van der Waals surface area (Å²) < 4.78 is 10.4. The number of ether oxygens (including phenoxy) is 2. The lowest BCUT2D eigenvalue weighted by molar-refractivity contribution is -0.0427. The van der Waals surface area contributed by atoms with E-state index in [0.717, 1.165) is 6.42 Å². The fraction of sp³-hybridized carbons (Fsp3) is 1.00. The molecule has 9 heavy (non-hydrogen) atoms. The summed E-state index contributed by atoms with van der Waals surface area (Å²) in [4.78, 5) is 0. The van der Waals surface area contributed by atoms with Crippen LogP contribution in [0.15, 0.2) is 0 Å². The van der Waals surface area contributed by atoms with Crippen LogP contribution in [0.25, 0.3) is 0 Å². The van der Waals surface area contributed by atoms with Crippen LogP contribution in [-0.4, -0.2) is 25.5 Å². The minimum Gasteiger partial charge on any atom is -0.350 e. The van der Waals surface area contributed by atoms with Gasteiger partial charge in [0.2, 0.25) is 0 Å². The molecule has 1 rings (SSSR count). The summed E-state index contributed by atoms with van der Waals surface area (Å²) in [5.74, 6) is 0. The molecule has 0 saturated carbocycles. The standard InChI is InChI=1S/C6H13NO2/c1-5-8-4-6(9-5)2-3-7/h5-6H,2-4,7H2,1H3. The van der Waals surface area contributed by atoms with E-state index in [-0.39, 0.29) is 12.4 Å². The topological polar surface area (TPSA) is 44.5 Å². The van der Waals surface area contributed by atoms with E-state index in [1.165, 1.54) is 0 Å². The molecule has 0 amide bonds. The van der Waals surface area contributed by atoms with Gasteiger partial charge in [-0.25, -0.2) is 0 Å². The molecule has 1 fully saturated rings. The Bertz CT molecular complexity index is 85.1. The fourth-order valence-electron chi connectivity index (χ4n) is 0.930. The van der Waals surface area contributed by atoms with Crippen LogP contribution < -0.4 is 5.73 Å². The van der Waals surface area contributed by atoms with Crippen molar-refractivity contribution in [1.82, 2.24) is 0 Å². The first-order valence-corrected chi connectivity index (χ1v) is 3.30. The maximum atomic E-state index is 5.32. The zero-order valence-electron chi connectivity index (χ0n) is 5.67. The van der Waals surface area contributed by atoms with Crippen molar-refractivity contribution in [3.63, 3.8) is 0 Å². The zero-order chi connectivity index (χ0) is 6.69. The quantitative estimate of drug-likeness (QED) is 0.578. The van der Waals surface area contributed by atoms with Gasteiger partial charge in [0.25, 0.3) is 0 Å². The van der Waals surface area contributed by atoms with Gasteiger partial charge in [-0.15, -0.1) is 0 Å². The highest BCUT2D eigenvalue weighted by Gasteiger charge is 2.20. The molecule has 3 heteroatoms. The molecule has 0 aromatic rings. The molecule has 0 aromatic carbocycles. The van der Waals surface area contributed by atoms with Gasteiger partial charge in [0.05, 0.1) is 12.7 Å². The number of hydrogen-bond donors (Lipinski definition) is 1. The molecule has 2 atom stereocenters. The van der Waals surface area contributed by atoms with E-state index in [0.29, 0.717) is 13.2 Å². The van der Waals surface area contributed by atoms with Crippen LogP contribution in [0.5, 0.6) is 0 Å². The summed E-state index contributed by atoms with van der Waals surface area (Å²) in [5, 5.41) is 0. The first-order chi connectivity index (χ1) is 4.33. The summed E-state index contributed by atoms with van der Waals surface area (Å²) in [5.41, 5.74) is 5.32. The second-order valence-corrected chi connectivity index (χ2v) is 2.24. The molecule has 0 radical (unpaired) electrons. The van der Waals surface area contributed by atoms with Crippen molar-refractivity contribution in [3.8, 4) is 0 Å². The molecule has 0 aromatic heterocycles. The van der Waals surface area contributed by atoms with Crippen molar-refractivity contribution in [2.45, 2.75) is 25.7 Å². The van der Waals surface area contributed by atoms with Crippen molar-refractivity contribution in [1.29, 1.82) is 0 Å². The summed E-state index contributed by atoms with van der Waals surface area (Å²) in [6, 6.07) is 0. The Balaban J connectivity index is 2.14. The number of rotatable bonds is 2. The van der Waals surface area contributed by atoms with Crippen molar-refractivity contribution < 1.29 is 9.47 Å². The molecule has 3 nitrogen and oxygen atoms in total. The Hall–Kier alpha value is -0.120. The van der Waals surface area contributed by atoms with Gasteiger partial charge in [-0.1, -0.05) is 0 Å². The largest absolute Gasteiger partial charge is 0.350 e. The van der Waals surface area contributed by atoms with Crippen molar-refractivity contribution in [2.75, 3.05) is 13.2 Å².